The van der Waals surface area contributed by atoms with E-state index in [9.17, 15) is 9.59 Å². The summed E-state index contributed by atoms with van der Waals surface area (Å²) < 4.78 is 1.71. The molecule has 2 amide bonds. The van der Waals surface area contributed by atoms with E-state index >= 15 is 0 Å². The molecule has 25 heavy (non-hydrogen) atoms. The average molecular weight is 379 g/mol. The van der Waals surface area contributed by atoms with Crippen LogP contribution in [0.25, 0.3) is 0 Å². The number of halogens is 2. The van der Waals surface area contributed by atoms with Gasteiger partial charge in [-0.2, -0.15) is 5.10 Å². The highest BCUT2D eigenvalue weighted by atomic mass is 35.5. The topological polar surface area (TPSA) is 67.2 Å². The van der Waals surface area contributed by atoms with Crippen molar-refractivity contribution in [3.05, 3.63) is 39.5 Å². The van der Waals surface area contributed by atoms with Crippen LogP contribution in [0.4, 0.5) is 11.5 Å². The van der Waals surface area contributed by atoms with Crippen LogP contribution in [0.3, 0.4) is 0 Å². The molecule has 1 aromatic heterocycles. The van der Waals surface area contributed by atoms with Gasteiger partial charge in [0.05, 0.1) is 11.9 Å². The summed E-state index contributed by atoms with van der Waals surface area (Å²) in [6, 6.07) is 3.34. The second-order valence-electron chi connectivity index (χ2n) is 6.72. The molecule has 0 unspecified atom stereocenters. The standard InChI is InChI=1S/C17H16Cl2N4O2/c1-8(2)23-15-10(7-20-23)17(6-13(24)21-15)14-11(19)4-9(18)5-12(14)22(3)16(17)25/h4-5,7-8H,6H2,1-3H3,(H,21,24)/t17-/m0/s1. The number of amides is 2. The van der Waals surface area contributed by atoms with E-state index in [1.165, 1.54) is 4.90 Å². The molecule has 0 aliphatic carbocycles. The second kappa shape index (κ2) is 5.22. The minimum Gasteiger partial charge on any atom is -0.314 e. The SMILES string of the molecule is CC(C)n1ncc2c1NC(=O)C[C@]21C(=O)N(C)c2cc(Cl)cc(Cl)c21. The molecule has 1 aromatic carbocycles. The Kier molecular flexibility index (Phi) is 3.43. The molecular formula is C17H16Cl2N4O2. The van der Waals surface area contributed by atoms with Crippen LogP contribution in [0, 0.1) is 0 Å². The molecule has 3 heterocycles. The van der Waals surface area contributed by atoms with Crippen LogP contribution in [-0.4, -0.2) is 28.6 Å². The summed E-state index contributed by atoms with van der Waals surface area (Å²) in [7, 11) is 1.67. The van der Waals surface area contributed by atoms with Gasteiger partial charge in [-0.25, -0.2) is 4.68 Å². The number of hydrogen-bond donors (Lipinski definition) is 1. The fraction of sp³-hybridized carbons (Fsp3) is 0.353. The highest BCUT2D eigenvalue weighted by Gasteiger charge is 2.57. The third-order valence-electron chi connectivity index (χ3n) is 4.92. The number of carbonyl (C=O) groups is 2. The van der Waals surface area contributed by atoms with Crippen molar-refractivity contribution in [3.63, 3.8) is 0 Å². The number of nitrogens with one attached hydrogen (secondary N) is 1. The summed E-state index contributed by atoms with van der Waals surface area (Å²) in [5.41, 5.74) is 0.739. The van der Waals surface area contributed by atoms with Gasteiger partial charge in [-0.1, -0.05) is 23.2 Å². The van der Waals surface area contributed by atoms with Crippen molar-refractivity contribution in [1.29, 1.82) is 0 Å². The smallest absolute Gasteiger partial charge is 0.242 e. The third kappa shape index (κ3) is 2.01. The lowest BCUT2D eigenvalue weighted by atomic mass is 9.71. The number of rotatable bonds is 1. The number of fused-ring (bicyclic) bond motifs is 4. The first-order valence-electron chi connectivity index (χ1n) is 7.93. The van der Waals surface area contributed by atoms with Crippen LogP contribution in [0.2, 0.25) is 10.0 Å². The van der Waals surface area contributed by atoms with Gasteiger partial charge < -0.3 is 10.2 Å². The maximum atomic E-state index is 13.3. The molecule has 4 rings (SSSR count). The minimum absolute atomic E-state index is 0.0126. The molecule has 8 heteroatoms. The molecule has 2 aromatic rings. The van der Waals surface area contributed by atoms with Crippen LogP contribution in [-0.2, 0) is 15.0 Å². The maximum absolute atomic E-state index is 13.3. The quantitative estimate of drug-likeness (QED) is 0.826. The van der Waals surface area contributed by atoms with Gasteiger partial charge in [0.15, 0.2) is 0 Å². The van der Waals surface area contributed by atoms with Gasteiger partial charge in [0.2, 0.25) is 11.8 Å². The molecule has 0 radical (unpaired) electrons. The Bertz CT molecular complexity index is 937. The van der Waals surface area contributed by atoms with Gasteiger partial charge in [0, 0.05) is 40.7 Å². The average Bonchev–Trinajstić information content (AvgIpc) is 3.03. The number of likely N-dealkylation sites (N-methyl/N-ethyl adjacent to an activating group) is 1. The number of carbonyl (C=O) groups excluding carboxylic acids is 2. The van der Waals surface area contributed by atoms with Crippen LogP contribution in [0.1, 0.15) is 37.4 Å². The number of nitrogens with zero attached hydrogens (tertiary/aromatic N) is 3. The third-order valence-corrected chi connectivity index (χ3v) is 5.44. The fourth-order valence-electron chi connectivity index (χ4n) is 3.87. The van der Waals surface area contributed by atoms with Gasteiger partial charge in [0.25, 0.3) is 0 Å². The van der Waals surface area contributed by atoms with Crippen molar-refractivity contribution in [2.45, 2.75) is 31.7 Å². The zero-order chi connectivity index (χ0) is 18.1. The lowest BCUT2D eigenvalue weighted by Gasteiger charge is -2.32. The Morgan fingerprint density at radius 1 is 1.28 bits per heavy atom. The van der Waals surface area contributed by atoms with E-state index in [0.29, 0.717) is 32.7 Å². The molecule has 0 saturated heterocycles. The molecular weight excluding hydrogens is 363 g/mol. The lowest BCUT2D eigenvalue weighted by Crippen LogP contribution is -2.45. The number of benzene rings is 1. The van der Waals surface area contributed by atoms with E-state index in [1.807, 2.05) is 13.8 Å². The van der Waals surface area contributed by atoms with Crippen molar-refractivity contribution in [3.8, 4) is 0 Å². The molecule has 1 spiro atoms. The first-order chi connectivity index (χ1) is 11.8. The molecule has 0 fully saturated rings. The summed E-state index contributed by atoms with van der Waals surface area (Å²) >= 11 is 12.6. The first-order valence-corrected chi connectivity index (χ1v) is 8.68. The number of anilines is 2. The van der Waals surface area contributed by atoms with Crippen LogP contribution in [0.5, 0.6) is 0 Å². The van der Waals surface area contributed by atoms with Gasteiger partial charge in [-0.05, 0) is 26.0 Å². The van der Waals surface area contributed by atoms with E-state index in [2.05, 4.69) is 10.4 Å². The second-order valence-corrected chi connectivity index (χ2v) is 7.56. The molecule has 1 atom stereocenters. The Labute approximate surface area is 154 Å². The number of aromatic nitrogens is 2. The zero-order valence-electron chi connectivity index (χ0n) is 13.9. The van der Waals surface area contributed by atoms with Gasteiger partial charge in [-0.3, -0.25) is 9.59 Å². The van der Waals surface area contributed by atoms with E-state index in [1.54, 1.807) is 30.1 Å². The van der Waals surface area contributed by atoms with Crippen molar-refractivity contribution >= 4 is 46.5 Å². The Morgan fingerprint density at radius 2 is 2.00 bits per heavy atom. The summed E-state index contributed by atoms with van der Waals surface area (Å²) in [6.45, 7) is 3.92. The molecule has 1 N–H and O–H groups in total. The highest BCUT2D eigenvalue weighted by molar-refractivity contribution is 6.37. The van der Waals surface area contributed by atoms with Crippen molar-refractivity contribution < 1.29 is 9.59 Å². The highest BCUT2D eigenvalue weighted by Crippen LogP contribution is 2.54. The van der Waals surface area contributed by atoms with E-state index in [0.717, 1.165) is 0 Å². The summed E-state index contributed by atoms with van der Waals surface area (Å²) in [4.78, 5) is 27.3. The summed E-state index contributed by atoms with van der Waals surface area (Å²) in [6.07, 6.45) is 1.64. The summed E-state index contributed by atoms with van der Waals surface area (Å²) in [5, 5.41) is 8.07. The van der Waals surface area contributed by atoms with Crippen molar-refractivity contribution in [2.75, 3.05) is 17.3 Å². The number of hydrogen-bond acceptors (Lipinski definition) is 3. The summed E-state index contributed by atoms with van der Waals surface area (Å²) in [5.74, 6) is 0.105. The Balaban J connectivity index is 2.08. The van der Waals surface area contributed by atoms with Crippen molar-refractivity contribution in [1.82, 2.24) is 9.78 Å². The Hall–Kier alpha value is -2.05. The zero-order valence-corrected chi connectivity index (χ0v) is 15.4. The van der Waals surface area contributed by atoms with E-state index < -0.39 is 5.41 Å². The largest absolute Gasteiger partial charge is 0.314 e. The normalized spacial score (nSPS) is 21.8. The molecule has 2 aliphatic rings. The minimum atomic E-state index is -1.17. The molecule has 6 nitrogen and oxygen atoms in total. The monoisotopic (exact) mass is 378 g/mol. The van der Waals surface area contributed by atoms with Gasteiger partial charge in [-0.15, -0.1) is 0 Å². The molecule has 0 saturated carbocycles. The Morgan fingerprint density at radius 3 is 2.68 bits per heavy atom. The van der Waals surface area contributed by atoms with E-state index in [4.69, 9.17) is 23.2 Å². The van der Waals surface area contributed by atoms with E-state index in [-0.39, 0.29) is 24.3 Å². The van der Waals surface area contributed by atoms with Crippen LogP contribution < -0.4 is 10.2 Å². The van der Waals surface area contributed by atoms with Crippen LogP contribution >= 0.6 is 23.2 Å². The fourth-order valence-corrected chi connectivity index (χ4v) is 4.51. The van der Waals surface area contributed by atoms with Gasteiger partial charge in [0.1, 0.15) is 11.2 Å². The molecule has 0 bridgehead atoms. The molecule has 2 aliphatic heterocycles. The van der Waals surface area contributed by atoms with Crippen molar-refractivity contribution in [2.24, 2.45) is 0 Å². The van der Waals surface area contributed by atoms with Crippen LogP contribution in [0.15, 0.2) is 18.3 Å². The first kappa shape index (κ1) is 16.4. The maximum Gasteiger partial charge on any atom is 0.242 e. The predicted octanol–water partition coefficient (Wildman–Crippen LogP) is 3.38. The lowest BCUT2D eigenvalue weighted by molar-refractivity contribution is -0.126. The predicted molar refractivity (Wildman–Crippen MR) is 96.5 cm³/mol. The molecule has 130 valence electrons. The van der Waals surface area contributed by atoms with Gasteiger partial charge >= 0.3 is 0 Å².